The van der Waals surface area contributed by atoms with Gasteiger partial charge in [0, 0.05) is 14.1 Å². The van der Waals surface area contributed by atoms with Crippen molar-refractivity contribution in [3.63, 3.8) is 0 Å². The molecular formula is C17H19N3O5S. The van der Waals surface area contributed by atoms with E-state index in [0.717, 1.165) is 9.21 Å². The topological polar surface area (TPSA) is 99.9 Å². The number of nitrogens with one attached hydrogen (secondary N) is 1. The number of furan rings is 1. The Morgan fingerprint density at radius 1 is 1.12 bits per heavy atom. The number of benzene rings is 1. The molecule has 0 bridgehead atoms. The Kier molecular flexibility index (Phi) is 4.37. The Hall–Kier alpha value is -2.65. The van der Waals surface area contributed by atoms with Crippen LogP contribution in [0.2, 0.25) is 0 Å². The van der Waals surface area contributed by atoms with Gasteiger partial charge in [0.25, 0.3) is 15.9 Å². The van der Waals surface area contributed by atoms with E-state index in [2.05, 4.69) is 5.32 Å². The fourth-order valence-electron chi connectivity index (χ4n) is 2.73. The van der Waals surface area contributed by atoms with Gasteiger partial charge in [-0.15, -0.1) is 0 Å². The molecule has 1 N–H and O–H groups in total. The number of sulfonamides is 1. The van der Waals surface area contributed by atoms with Gasteiger partial charge in [0.1, 0.15) is 11.3 Å². The molecule has 1 fully saturated rings. The van der Waals surface area contributed by atoms with E-state index in [0.29, 0.717) is 5.56 Å². The van der Waals surface area contributed by atoms with Crippen LogP contribution in [0.1, 0.15) is 18.2 Å². The van der Waals surface area contributed by atoms with Crippen molar-refractivity contribution in [2.24, 2.45) is 0 Å². The van der Waals surface area contributed by atoms with Crippen LogP contribution in [0, 0.1) is 0 Å². The van der Waals surface area contributed by atoms with Crippen LogP contribution in [-0.4, -0.2) is 43.7 Å². The lowest BCUT2D eigenvalue weighted by atomic mass is 9.92. The largest absolute Gasteiger partial charge is 0.446 e. The SMILES string of the molecule is CN(C)S(=O)(=O)c1ccc(CN2C(=O)NC(C)(c3ccccc3)C2=O)o1. The monoisotopic (exact) mass is 377 g/mol. The summed E-state index contributed by atoms with van der Waals surface area (Å²) in [6.45, 7) is 1.47. The number of hydrogen-bond donors (Lipinski definition) is 1. The summed E-state index contributed by atoms with van der Waals surface area (Å²) in [5, 5.41) is 2.45. The lowest BCUT2D eigenvalue weighted by Crippen LogP contribution is -2.40. The summed E-state index contributed by atoms with van der Waals surface area (Å²) < 4.78 is 30.5. The second-order valence-corrected chi connectivity index (χ2v) is 8.40. The molecule has 0 aliphatic carbocycles. The molecular weight excluding hydrogens is 358 g/mol. The highest BCUT2D eigenvalue weighted by Gasteiger charge is 2.49. The number of nitrogens with zero attached hydrogens (tertiary/aromatic N) is 2. The van der Waals surface area contributed by atoms with E-state index >= 15 is 0 Å². The normalized spacial score (nSPS) is 20.7. The molecule has 1 aliphatic heterocycles. The van der Waals surface area contributed by atoms with Gasteiger partial charge in [-0.3, -0.25) is 9.69 Å². The Bertz CT molecular complexity index is 952. The zero-order valence-corrected chi connectivity index (χ0v) is 15.4. The third-order valence-corrected chi connectivity index (χ3v) is 6.00. The number of imide groups is 1. The molecule has 1 atom stereocenters. The maximum absolute atomic E-state index is 12.8. The first-order chi connectivity index (χ1) is 12.2. The molecule has 26 heavy (non-hydrogen) atoms. The minimum atomic E-state index is -3.72. The van der Waals surface area contributed by atoms with Gasteiger partial charge in [0.15, 0.2) is 0 Å². The van der Waals surface area contributed by atoms with Crippen LogP contribution in [0.3, 0.4) is 0 Å². The van der Waals surface area contributed by atoms with Crippen molar-refractivity contribution in [2.45, 2.75) is 24.1 Å². The van der Waals surface area contributed by atoms with Crippen molar-refractivity contribution in [3.8, 4) is 0 Å². The number of amides is 3. The van der Waals surface area contributed by atoms with E-state index in [1.807, 2.05) is 6.07 Å². The molecule has 9 heteroatoms. The molecule has 0 saturated carbocycles. The molecule has 0 spiro atoms. The zero-order valence-electron chi connectivity index (χ0n) is 14.6. The Morgan fingerprint density at radius 2 is 1.77 bits per heavy atom. The zero-order chi connectivity index (χ0) is 19.1. The van der Waals surface area contributed by atoms with Crippen LogP contribution in [0.15, 0.2) is 52.0 Å². The highest BCUT2D eigenvalue weighted by molar-refractivity contribution is 7.88. The third-order valence-electron chi connectivity index (χ3n) is 4.31. The highest BCUT2D eigenvalue weighted by atomic mass is 32.2. The first-order valence-electron chi connectivity index (χ1n) is 7.87. The van der Waals surface area contributed by atoms with Crippen molar-refractivity contribution in [2.75, 3.05) is 14.1 Å². The summed E-state index contributed by atoms with van der Waals surface area (Å²) >= 11 is 0. The van der Waals surface area contributed by atoms with E-state index in [9.17, 15) is 18.0 Å². The van der Waals surface area contributed by atoms with Gasteiger partial charge >= 0.3 is 6.03 Å². The Morgan fingerprint density at radius 3 is 2.38 bits per heavy atom. The fraction of sp³-hybridized carbons (Fsp3) is 0.294. The van der Waals surface area contributed by atoms with Crippen molar-refractivity contribution < 1.29 is 22.4 Å². The fourth-order valence-corrected chi connectivity index (χ4v) is 3.54. The van der Waals surface area contributed by atoms with Crippen LogP contribution in [0.4, 0.5) is 4.79 Å². The maximum atomic E-state index is 12.8. The molecule has 8 nitrogen and oxygen atoms in total. The quantitative estimate of drug-likeness (QED) is 0.796. The van der Waals surface area contributed by atoms with Crippen molar-refractivity contribution in [3.05, 3.63) is 53.8 Å². The van der Waals surface area contributed by atoms with Crippen LogP contribution >= 0.6 is 0 Å². The summed E-state index contributed by atoms with van der Waals surface area (Å²) in [5.41, 5.74) is -0.514. The third kappa shape index (κ3) is 2.89. The second-order valence-electron chi connectivity index (χ2n) is 6.32. The summed E-state index contributed by atoms with van der Waals surface area (Å²) in [6.07, 6.45) is 0. The average Bonchev–Trinajstić information content (AvgIpc) is 3.16. The van der Waals surface area contributed by atoms with Crippen LogP contribution in [0.25, 0.3) is 0 Å². The first-order valence-corrected chi connectivity index (χ1v) is 9.31. The van der Waals surface area contributed by atoms with Gasteiger partial charge in [0.2, 0.25) is 5.09 Å². The molecule has 1 saturated heterocycles. The summed E-state index contributed by atoms with van der Waals surface area (Å²) in [4.78, 5) is 26.2. The molecule has 1 aromatic heterocycles. The molecule has 1 unspecified atom stereocenters. The smallest absolute Gasteiger partial charge is 0.325 e. The van der Waals surface area contributed by atoms with Crippen LogP contribution in [-0.2, 0) is 26.9 Å². The summed E-state index contributed by atoms with van der Waals surface area (Å²) in [6, 6.07) is 11.1. The number of hydrogen-bond acceptors (Lipinski definition) is 5. The van der Waals surface area contributed by atoms with Crippen LogP contribution < -0.4 is 5.32 Å². The van der Waals surface area contributed by atoms with Gasteiger partial charge < -0.3 is 9.73 Å². The first kappa shape index (κ1) is 18.2. The molecule has 3 amide bonds. The number of urea groups is 1. The highest BCUT2D eigenvalue weighted by Crippen LogP contribution is 2.30. The van der Waals surface area contributed by atoms with E-state index in [-0.39, 0.29) is 17.4 Å². The van der Waals surface area contributed by atoms with Gasteiger partial charge in [0.05, 0.1) is 6.54 Å². The van der Waals surface area contributed by atoms with Crippen molar-refractivity contribution in [1.82, 2.24) is 14.5 Å². The van der Waals surface area contributed by atoms with Gasteiger partial charge in [-0.2, -0.15) is 0 Å². The minimum Gasteiger partial charge on any atom is -0.446 e. The molecule has 138 valence electrons. The number of carbonyl (C=O) groups excluding carboxylic acids is 2. The molecule has 3 rings (SSSR count). The lowest BCUT2D eigenvalue weighted by molar-refractivity contribution is -0.131. The van der Waals surface area contributed by atoms with E-state index in [1.165, 1.54) is 26.2 Å². The summed E-state index contributed by atoms with van der Waals surface area (Å²) in [7, 11) is -0.942. The number of carbonyl (C=O) groups is 2. The van der Waals surface area contributed by atoms with Gasteiger partial charge in [-0.25, -0.2) is 17.5 Å². The Labute approximate surface area is 151 Å². The summed E-state index contributed by atoms with van der Waals surface area (Å²) in [5.74, 6) is -0.228. The standard InChI is InChI=1S/C17H19N3O5S/c1-17(12-7-5-4-6-8-12)15(21)20(16(22)18-17)11-13-9-10-14(25-13)26(23,24)19(2)3/h4-10H,11H2,1-3H3,(H,18,22). The van der Waals surface area contributed by atoms with Crippen molar-refractivity contribution >= 4 is 22.0 Å². The second kappa shape index (κ2) is 6.26. The molecule has 2 heterocycles. The average molecular weight is 377 g/mol. The predicted molar refractivity (Wildman–Crippen MR) is 92.5 cm³/mol. The van der Waals surface area contributed by atoms with E-state index in [4.69, 9.17) is 4.42 Å². The minimum absolute atomic E-state index is 0.157. The molecule has 2 aromatic rings. The van der Waals surface area contributed by atoms with E-state index < -0.39 is 27.5 Å². The maximum Gasteiger partial charge on any atom is 0.325 e. The Balaban J connectivity index is 1.85. The number of rotatable bonds is 5. The van der Waals surface area contributed by atoms with E-state index in [1.54, 1.807) is 31.2 Å². The molecule has 0 radical (unpaired) electrons. The lowest BCUT2D eigenvalue weighted by Gasteiger charge is -2.21. The van der Waals surface area contributed by atoms with Crippen molar-refractivity contribution in [1.29, 1.82) is 0 Å². The van der Waals surface area contributed by atoms with Crippen LogP contribution in [0.5, 0.6) is 0 Å². The predicted octanol–water partition coefficient (Wildman–Crippen LogP) is 1.50. The molecule has 1 aliphatic rings. The van der Waals surface area contributed by atoms with Gasteiger partial charge in [-0.1, -0.05) is 30.3 Å². The van der Waals surface area contributed by atoms with Gasteiger partial charge in [-0.05, 0) is 24.6 Å². The molecule has 1 aromatic carbocycles.